The molecule has 0 fully saturated rings. The summed E-state index contributed by atoms with van der Waals surface area (Å²) in [6, 6.07) is 9.57. The van der Waals surface area contributed by atoms with Crippen molar-refractivity contribution in [1.29, 1.82) is 0 Å². The normalized spacial score (nSPS) is 11.7. The number of hydrogen-bond donors (Lipinski definition) is 2. The number of amides is 1. The summed E-state index contributed by atoms with van der Waals surface area (Å²) in [5.74, 6) is -1.65. The number of phenolic OH excluding ortho intramolecular Hbond substituents is 1. The number of benzene rings is 2. The average molecular weight is 382 g/mol. The zero-order chi connectivity index (χ0) is 18.6. The van der Waals surface area contributed by atoms with Gasteiger partial charge in [0.2, 0.25) is 0 Å². The van der Waals surface area contributed by atoms with Crippen molar-refractivity contribution in [3.05, 3.63) is 63.1 Å². The Balaban J connectivity index is 2.27. The van der Waals surface area contributed by atoms with E-state index in [0.717, 1.165) is 5.56 Å². The van der Waals surface area contributed by atoms with Crippen LogP contribution < -0.4 is 5.32 Å². The fourth-order valence-electron chi connectivity index (χ4n) is 2.30. The van der Waals surface area contributed by atoms with Gasteiger partial charge in [0.15, 0.2) is 0 Å². The maximum Gasteiger partial charge on any atom is 0.328 e. The average Bonchev–Trinajstić information content (AvgIpc) is 2.62. The summed E-state index contributed by atoms with van der Waals surface area (Å²) in [6.07, 6.45) is 0.243. The van der Waals surface area contributed by atoms with Crippen molar-refractivity contribution in [2.45, 2.75) is 19.4 Å². The Kier molecular flexibility index (Phi) is 6.28. The number of phenols is 1. The maximum atomic E-state index is 12.5. The van der Waals surface area contributed by atoms with E-state index in [0.29, 0.717) is 5.56 Å². The van der Waals surface area contributed by atoms with Crippen LogP contribution in [-0.2, 0) is 16.0 Å². The van der Waals surface area contributed by atoms with Crippen LogP contribution in [-0.4, -0.2) is 30.1 Å². The number of carbonyl (C=O) groups excluding carboxylic acids is 2. The van der Waals surface area contributed by atoms with E-state index in [9.17, 15) is 14.7 Å². The summed E-state index contributed by atoms with van der Waals surface area (Å²) >= 11 is 12.0. The Labute approximate surface area is 155 Å². The van der Waals surface area contributed by atoms with Gasteiger partial charge in [0.05, 0.1) is 17.7 Å². The van der Waals surface area contributed by atoms with Crippen LogP contribution in [0.25, 0.3) is 0 Å². The first-order valence-corrected chi connectivity index (χ1v) is 8.21. The first-order valence-electron chi connectivity index (χ1n) is 7.45. The molecule has 0 spiro atoms. The second-order valence-electron chi connectivity index (χ2n) is 5.43. The quantitative estimate of drug-likeness (QED) is 0.776. The first kappa shape index (κ1) is 19.1. The number of carbonyl (C=O) groups is 2. The molecule has 0 aliphatic rings. The third kappa shape index (κ3) is 4.44. The molecule has 0 saturated carbocycles. The van der Waals surface area contributed by atoms with Gasteiger partial charge in [-0.2, -0.15) is 0 Å². The second-order valence-corrected chi connectivity index (χ2v) is 6.22. The lowest BCUT2D eigenvalue weighted by molar-refractivity contribution is -0.142. The highest BCUT2D eigenvalue weighted by Crippen LogP contribution is 2.35. The zero-order valence-corrected chi connectivity index (χ0v) is 15.2. The topological polar surface area (TPSA) is 75.6 Å². The molecule has 0 aliphatic heterocycles. The highest BCUT2D eigenvalue weighted by molar-refractivity contribution is 6.37. The zero-order valence-electron chi connectivity index (χ0n) is 13.7. The lowest BCUT2D eigenvalue weighted by Crippen LogP contribution is -2.43. The van der Waals surface area contributed by atoms with Gasteiger partial charge in [-0.1, -0.05) is 53.5 Å². The molecule has 132 valence electrons. The molecule has 0 unspecified atom stereocenters. The number of aromatic hydroxyl groups is 1. The van der Waals surface area contributed by atoms with Crippen molar-refractivity contribution >= 4 is 35.1 Å². The molecule has 1 atom stereocenters. The monoisotopic (exact) mass is 381 g/mol. The molecule has 5 nitrogen and oxygen atoms in total. The van der Waals surface area contributed by atoms with Crippen LogP contribution >= 0.6 is 23.2 Å². The molecule has 25 heavy (non-hydrogen) atoms. The van der Waals surface area contributed by atoms with Crippen molar-refractivity contribution in [1.82, 2.24) is 5.32 Å². The first-order chi connectivity index (χ1) is 11.8. The number of methoxy groups -OCH3 is 1. The summed E-state index contributed by atoms with van der Waals surface area (Å²) in [4.78, 5) is 24.5. The van der Waals surface area contributed by atoms with Crippen LogP contribution in [0.15, 0.2) is 36.4 Å². The van der Waals surface area contributed by atoms with E-state index in [-0.39, 0.29) is 27.8 Å². The largest absolute Gasteiger partial charge is 0.506 e. The number of rotatable bonds is 5. The molecule has 1 amide bonds. The molecular weight excluding hydrogens is 365 g/mol. The lowest BCUT2D eigenvalue weighted by atomic mass is 10.0. The van der Waals surface area contributed by atoms with Crippen LogP contribution in [0.4, 0.5) is 0 Å². The van der Waals surface area contributed by atoms with Gasteiger partial charge >= 0.3 is 5.97 Å². The van der Waals surface area contributed by atoms with Crippen molar-refractivity contribution in [3.63, 3.8) is 0 Å². The summed E-state index contributed by atoms with van der Waals surface area (Å²) in [7, 11) is 1.24. The number of ether oxygens (including phenoxy) is 1. The molecule has 0 saturated heterocycles. The Hall–Kier alpha value is -2.24. The highest BCUT2D eigenvalue weighted by atomic mass is 35.5. The van der Waals surface area contributed by atoms with E-state index in [4.69, 9.17) is 27.9 Å². The second kappa shape index (κ2) is 8.23. The molecule has 0 aliphatic carbocycles. The van der Waals surface area contributed by atoms with Crippen molar-refractivity contribution in [3.8, 4) is 5.75 Å². The lowest BCUT2D eigenvalue weighted by Gasteiger charge is -2.18. The molecule has 2 rings (SSSR count). The summed E-state index contributed by atoms with van der Waals surface area (Å²) in [6.45, 7) is 1.62. The van der Waals surface area contributed by atoms with Gasteiger partial charge in [0, 0.05) is 11.4 Å². The van der Waals surface area contributed by atoms with Crippen LogP contribution in [0.3, 0.4) is 0 Å². The fourth-order valence-corrected chi connectivity index (χ4v) is 2.75. The SMILES string of the molecule is COC(=O)[C@H](Cc1ccccc1)NC(=O)c1cc(Cl)c(C)c(Cl)c1O. The van der Waals surface area contributed by atoms with E-state index in [1.165, 1.54) is 13.2 Å². The standard InChI is InChI=1S/C18H17Cl2NO4/c1-10-13(19)9-12(16(22)15(10)20)17(23)21-14(18(24)25-2)8-11-6-4-3-5-7-11/h3-7,9,14,22H,8H2,1-2H3,(H,21,23)/t14-/m0/s1. The fraction of sp³-hybridized carbons (Fsp3) is 0.222. The molecule has 0 radical (unpaired) electrons. The molecule has 7 heteroatoms. The number of hydrogen-bond acceptors (Lipinski definition) is 4. The van der Waals surface area contributed by atoms with Gasteiger partial charge < -0.3 is 15.2 Å². The van der Waals surface area contributed by atoms with E-state index < -0.39 is 17.9 Å². The van der Waals surface area contributed by atoms with Crippen LogP contribution in [0.2, 0.25) is 10.0 Å². The van der Waals surface area contributed by atoms with Crippen molar-refractivity contribution in [2.24, 2.45) is 0 Å². The third-order valence-corrected chi connectivity index (χ3v) is 4.59. The molecular formula is C18H17Cl2NO4. The summed E-state index contributed by atoms with van der Waals surface area (Å²) in [5.41, 5.74) is 1.20. The van der Waals surface area contributed by atoms with Gasteiger partial charge in [-0.05, 0) is 24.1 Å². The van der Waals surface area contributed by atoms with Crippen LogP contribution in [0, 0.1) is 6.92 Å². The maximum absolute atomic E-state index is 12.5. The van der Waals surface area contributed by atoms with Gasteiger partial charge in [-0.15, -0.1) is 0 Å². The molecule has 0 heterocycles. The van der Waals surface area contributed by atoms with E-state index in [1.807, 2.05) is 30.3 Å². The molecule has 2 aromatic rings. The van der Waals surface area contributed by atoms with Gasteiger partial charge in [0.25, 0.3) is 5.91 Å². The predicted molar refractivity (Wildman–Crippen MR) is 96.3 cm³/mol. The Bertz CT molecular complexity index is 793. The van der Waals surface area contributed by atoms with Crippen molar-refractivity contribution in [2.75, 3.05) is 7.11 Å². The molecule has 0 bridgehead atoms. The summed E-state index contributed by atoms with van der Waals surface area (Å²) in [5, 5.41) is 12.9. The minimum absolute atomic E-state index is 0.00433. The minimum Gasteiger partial charge on any atom is -0.506 e. The highest BCUT2D eigenvalue weighted by Gasteiger charge is 2.25. The van der Waals surface area contributed by atoms with Gasteiger partial charge in [0.1, 0.15) is 11.8 Å². The predicted octanol–water partition coefficient (Wildman–Crippen LogP) is 3.52. The number of esters is 1. The Morgan fingerprint density at radius 2 is 1.88 bits per heavy atom. The molecule has 2 N–H and O–H groups in total. The third-order valence-electron chi connectivity index (χ3n) is 3.74. The van der Waals surface area contributed by atoms with Gasteiger partial charge in [-0.25, -0.2) is 4.79 Å². The number of nitrogens with one attached hydrogen (secondary N) is 1. The van der Waals surface area contributed by atoms with Gasteiger partial charge in [-0.3, -0.25) is 4.79 Å². The Morgan fingerprint density at radius 1 is 1.24 bits per heavy atom. The molecule has 2 aromatic carbocycles. The van der Waals surface area contributed by atoms with E-state index in [1.54, 1.807) is 6.92 Å². The Morgan fingerprint density at radius 3 is 2.48 bits per heavy atom. The molecule has 0 aromatic heterocycles. The van der Waals surface area contributed by atoms with E-state index >= 15 is 0 Å². The van der Waals surface area contributed by atoms with Crippen LogP contribution in [0.1, 0.15) is 21.5 Å². The minimum atomic E-state index is -0.918. The van der Waals surface area contributed by atoms with Crippen molar-refractivity contribution < 1.29 is 19.4 Å². The summed E-state index contributed by atoms with van der Waals surface area (Å²) < 4.78 is 4.75. The number of halogens is 2. The van der Waals surface area contributed by atoms with E-state index in [2.05, 4.69) is 5.32 Å². The van der Waals surface area contributed by atoms with Crippen LogP contribution in [0.5, 0.6) is 5.75 Å². The smallest absolute Gasteiger partial charge is 0.328 e.